The molecular weight excluding hydrogens is 286 g/mol. The minimum absolute atomic E-state index is 0.0872. The molecule has 21 heavy (non-hydrogen) atoms. The van der Waals surface area contributed by atoms with Crippen LogP contribution < -0.4 is 4.74 Å². The predicted octanol–water partition coefficient (Wildman–Crippen LogP) is 3.93. The lowest BCUT2D eigenvalue weighted by atomic mass is 10.1. The highest BCUT2D eigenvalue weighted by Gasteiger charge is 2.15. The zero-order valence-corrected chi connectivity index (χ0v) is 13.1. The van der Waals surface area contributed by atoms with Crippen molar-refractivity contribution in [2.45, 2.75) is 13.5 Å². The molecule has 2 rings (SSSR count). The second kappa shape index (κ2) is 6.64. The van der Waals surface area contributed by atoms with Crippen LogP contribution in [0.2, 0.25) is 5.02 Å². The summed E-state index contributed by atoms with van der Waals surface area (Å²) in [6.07, 6.45) is 0. The average Bonchev–Trinajstić information content (AvgIpc) is 2.47. The predicted molar refractivity (Wildman–Crippen MR) is 85.0 cm³/mol. The monoisotopic (exact) mass is 303 g/mol. The number of hydrogen-bond acceptors (Lipinski definition) is 2. The van der Waals surface area contributed by atoms with E-state index >= 15 is 0 Å². The minimum atomic E-state index is -0.0872. The maximum absolute atomic E-state index is 12.4. The van der Waals surface area contributed by atoms with E-state index < -0.39 is 0 Å². The molecule has 0 atom stereocenters. The van der Waals surface area contributed by atoms with Crippen LogP contribution in [0.15, 0.2) is 42.5 Å². The van der Waals surface area contributed by atoms with E-state index in [9.17, 15) is 4.79 Å². The van der Waals surface area contributed by atoms with Gasteiger partial charge in [0.25, 0.3) is 5.91 Å². The smallest absolute Gasteiger partial charge is 0.255 e. The minimum Gasteiger partial charge on any atom is -0.497 e. The SMILES string of the molecule is COc1ccc(CN(C)C(=O)c2ccc(C)cc2Cl)cc1. The Morgan fingerprint density at radius 1 is 1.19 bits per heavy atom. The molecule has 0 aliphatic rings. The van der Waals surface area contributed by atoms with Gasteiger partial charge in [0, 0.05) is 13.6 Å². The number of carbonyl (C=O) groups excluding carboxylic acids is 1. The Balaban J connectivity index is 2.11. The van der Waals surface area contributed by atoms with Crippen LogP contribution >= 0.6 is 11.6 Å². The molecule has 0 saturated carbocycles. The van der Waals surface area contributed by atoms with Gasteiger partial charge in [-0.25, -0.2) is 0 Å². The van der Waals surface area contributed by atoms with Crippen LogP contribution in [0.3, 0.4) is 0 Å². The molecule has 0 aliphatic heterocycles. The lowest BCUT2D eigenvalue weighted by Crippen LogP contribution is -2.26. The van der Waals surface area contributed by atoms with Gasteiger partial charge in [0.05, 0.1) is 17.7 Å². The molecule has 3 nitrogen and oxygen atoms in total. The van der Waals surface area contributed by atoms with E-state index in [-0.39, 0.29) is 5.91 Å². The normalized spacial score (nSPS) is 10.3. The van der Waals surface area contributed by atoms with E-state index in [2.05, 4.69) is 0 Å². The van der Waals surface area contributed by atoms with Crippen LogP contribution in [0.1, 0.15) is 21.5 Å². The van der Waals surface area contributed by atoms with Gasteiger partial charge in [-0.3, -0.25) is 4.79 Å². The summed E-state index contributed by atoms with van der Waals surface area (Å²) < 4.78 is 5.12. The fourth-order valence-corrected chi connectivity index (χ4v) is 2.39. The van der Waals surface area contributed by atoms with Gasteiger partial charge in [0.2, 0.25) is 0 Å². The van der Waals surface area contributed by atoms with Gasteiger partial charge in [-0.15, -0.1) is 0 Å². The summed E-state index contributed by atoms with van der Waals surface area (Å²) in [5.74, 6) is 0.713. The number of hydrogen-bond donors (Lipinski definition) is 0. The first-order valence-corrected chi connectivity index (χ1v) is 7.03. The number of nitrogens with zero attached hydrogens (tertiary/aromatic N) is 1. The van der Waals surface area contributed by atoms with Crippen molar-refractivity contribution in [3.63, 3.8) is 0 Å². The fraction of sp³-hybridized carbons (Fsp3) is 0.235. The number of benzene rings is 2. The first kappa shape index (κ1) is 15.4. The van der Waals surface area contributed by atoms with Gasteiger partial charge >= 0.3 is 0 Å². The zero-order chi connectivity index (χ0) is 15.4. The van der Waals surface area contributed by atoms with E-state index in [0.29, 0.717) is 17.1 Å². The highest BCUT2D eigenvalue weighted by molar-refractivity contribution is 6.33. The van der Waals surface area contributed by atoms with E-state index in [4.69, 9.17) is 16.3 Å². The van der Waals surface area contributed by atoms with Gasteiger partial charge in [-0.2, -0.15) is 0 Å². The number of amides is 1. The molecule has 2 aromatic carbocycles. The van der Waals surface area contributed by atoms with Gasteiger partial charge in [0.15, 0.2) is 0 Å². The molecule has 0 unspecified atom stereocenters. The highest BCUT2D eigenvalue weighted by Crippen LogP contribution is 2.20. The Morgan fingerprint density at radius 2 is 1.86 bits per heavy atom. The molecule has 0 aromatic heterocycles. The van der Waals surface area contributed by atoms with Crippen molar-refractivity contribution < 1.29 is 9.53 Å². The number of aryl methyl sites for hydroxylation is 1. The number of ether oxygens (including phenoxy) is 1. The molecule has 0 radical (unpaired) electrons. The highest BCUT2D eigenvalue weighted by atomic mass is 35.5. The number of rotatable bonds is 4. The third-order valence-corrected chi connectivity index (χ3v) is 3.59. The zero-order valence-electron chi connectivity index (χ0n) is 12.4. The van der Waals surface area contributed by atoms with Crippen molar-refractivity contribution in [2.24, 2.45) is 0 Å². The molecule has 0 spiro atoms. The Morgan fingerprint density at radius 3 is 2.43 bits per heavy atom. The Kier molecular flexibility index (Phi) is 4.86. The Bertz CT molecular complexity index is 638. The van der Waals surface area contributed by atoms with E-state index in [1.165, 1.54) is 0 Å². The molecule has 0 N–H and O–H groups in total. The van der Waals surface area contributed by atoms with E-state index in [0.717, 1.165) is 16.9 Å². The van der Waals surface area contributed by atoms with E-state index in [1.807, 2.05) is 37.3 Å². The molecule has 0 bridgehead atoms. The summed E-state index contributed by atoms with van der Waals surface area (Å²) in [5.41, 5.74) is 2.60. The lowest BCUT2D eigenvalue weighted by Gasteiger charge is -2.18. The average molecular weight is 304 g/mol. The first-order valence-electron chi connectivity index (χ1n) is 6.66. The van der Waals surface area contributed by atoms with Crippen LogP contribution in [-0.4, -0.2) is 25.0 Å². The summed E-state index contributed by atoms with van der Waals surface area (Å²) in [5, 5.41) is 0.488. The fourth-order valence-electron chi connectivity index (χ4n) is 2.08. The molecule has 0 heterocycles. The Hall–Kier alpha value is -2.00. The molecule has 110 valence electrons. The standard InChI is InChI=1S/C17H18ClNO2/c1-12-4-9-15(16(18)10-12)17(20)19(2)11-13-5-7-14(21-3)8-6-13/h4-10H,11H2,1-3H3. The molecule has 4 heteroatoms. The van der Waals surface area contributed by atoms with Crippen molar-refractivity contribution in [3.05, 3.63) is 64.2 Å². The third-order valence-electron chi connectivity index (χ3n) is 3.28. The molecular formula is C17H18ClNO2. The van der Waals surface area contributed by atoms with Gasteiger partial charge < -0.3 is 9.64 Å². The van der Waals surface area contributed by atoms with Gasteiger partial charge in [-0.1, -0.05) is 29.8 Å². The van der Waals surface area contributed by atoms with Crippen molar-refractivity contribution in [3.8, 4) is 5.75 Å². The number of halogens is 1. The Labute approximate surface area is 130 Å². The molecule has 0 aliphatic carbocycles. The van der Waals surface area contributed by atoms with Gasteiger partial charge in [-0.05, 0) is 42.3 Å². The van der Waals surface area contributed by atoms with Crippen molar-refractivity contribution in [1.29, 1.82) is 0 Å². The topological polar surface area (TPSA) is 29.5 Å². The first-order chi connectivity index (χ1) is 10.0. The summed E-state index contributed by atoms with van der Waals surface area (Å²) in [6.45, 7) is 2.47. The summed E-state index contributed by atoms with van der Waals surface area (Å²) in [6, 6.07) is 13.1. The quantitative estimate of drug-likeness (QED) is 0.856. The van der Waals surface area contributed by atoms with Crippen LogP contribution in [0.5, 0.6) is 5.75 Å². The lowest BCUT2D eigenvalue weighted by molar-refractivity contribution is 0.0785. The molecule has 2 aromatic rings. The van der Waals surface area contributed by atoms with E-state index in [1.54, 1.807) is 31.2 Å². The van der Waals surface area contributed by atoms with Crippen molar-refractivity contribution >= 4 is 17.5 Å². The maximum Gasteiger partial charge on any atom is 0.255 e. The summed E-state index contributed by atoms with van der Waals surface area (Å²) in [7, 11) is 3.40. The van der Waals surface area contributed by atoms with Gasteiger partial charge in [0.1, 0.15) is 5.75 Å². The van der Waals surface area contributed by atoms with Crippen LogP contribution in [0.25, 0.3) is 0 Å². The molecule has 1 amide bonds. The molecule has 0 saturated heterocycles. The molecule has 0 fully saturated rings. The van der Waals surface area contributed by atoms with Crippen molar-refractivity contribution in [1.82, 2.24) is 4.90 Å². The number of methoxy groups -OCH3 is 1. The largest absolute Gasteiger partial charge is 0.497 e. The van der Waals surface area contributed by atoms with Crippen molar-refractivity contribution in [2.75, 3.05) is 14.2 Å². The van der Waals surface area contributed by atoms with Crippen LogP contribution in [0, 0.1) is 6.92 Å². The summed E-state index contributed by atoms with van der Waals surface area (Å²) in [4.78, 5) is 14.1. The summed E-state index contributed by atoms with van der Waals surface area (Å²) >= 11 is 6.15. The second-order valence-electron chi connectivity index (χ2n) is 4.99. The third kappa shape index (κ3) is 3.76. The number of carbonyl (C=O) groups is 1. The van der Waals surface area contributed by atoms with Crippen LogP contribution in [0.4, 0.5) is 0 Å². The second-order valence-corrected chi connectivity index (χ2v) is 5.40. The van der Waals surface area contributed by atoms with Crippen LogP contribution in [-0.2, 0) is 6.54 Å². The maximum atomic E-state index is 12.4.